The van der Waals surface area contributed by atoms with Gasteiger partial charge in [0.05, 0.1) is 0 Å². The molecule has 2 rings (SSSR count). The van der Waals surface area contributed by atoms with E-state index in [9.17, 15) is 4.79 Å². The van der Waals surface area contributed by atoms with E-state index in [0.29, 0.717) is 0 Å². The van der Waals surface area contributed by atoms with Crippen molar-refractivity contribution in [3.63, 3.8) is 0 Å². The third-order valence-electron chi connectivity index (χ3n) is 4.66. The molecular weight excluding hydrogens is 278 g/mol. The molecule has 1 amide bonds. The number of hydrogen-bond donors (Lipinski definition) is 1. The quantitative estimate of drug-likeness (QED) is 0.850. The summed E-state index contributed by atoms with van der Waals surface area (Å²) in [5, 5.41) is 3.43. The molecule has 2 heterocycles. The molecule has 0 unspecified atom stereocenters. The lowest BCUT2D eigenvalue weighted by Gasteiger charge is -2.48. The Bertz CT molecular complexity index is 384. The molecule has 0 aromatic rings. The summed E-state index contributed by atoms with van der Waals surface area (Å²) in [4.78, 5) is 16.7. The van der Waals surface area contributed by atoms with E-state index >= 15 is 0 Å². The van der Waals surface area contributed by atoms with E-state index in [4.69, 9.17) is 4.74 Å². The van der Waals surface area contributed by atoms with Gasteiger partial charge in [-0.3, -0.25) is 4.90 Å². The molecule has 0 bridgehead atoms. The van der Waals surface area contributed by atoms with E-state index in [0.717, 1.165) is 45.2 Å². The Hall–Kier alpha value is -0.810. The summed E-state index contributed by atoms with van der Waals surface area (Å²) < 4.78 is 5.52. The zero-order chi connectivity index (χ0) is 16.4. The number of ether oxygens (including phenoxy) is 1. The van der Waals surface area contributed by atoms with Crippen LogP contribution in [0.5, 0.6) is 0 Å². The van der Waals surface area contributed by atoms with Crippen molar-refractivity contribution in [2.45, 2.75) is 58.6 Å². The summed E-state index contributed by atoms with van der Waals surface area (Å²) in [5.74, 6) is 0.786. The summed E-state index contributed by atoms with van der Waals surface area (Å²) in [5.41, 5.74) is -0.409. The molecule has 0 atom stereocenters. The zero-order valence-corrected chi connectivity index (χ0v) is 14.9. The van der Waals surface area contributed by atoms with Crippen LogP contribution >= 0.6 is 0 Å². The number of carbonyl (C=O) groups is 1. The third kappa shape index (κ3) is 4.85. The first-order valence-corrected chi connectivity index (χ1v) is 8.61. The van der Waals surface area contributed by atoms with Gasteiger partial charge in [0.25, 0.3) is 0 Å². The molecule has 5 heteroatoms. The number of piperazine rings is 1. The van der Waals surface area contributed by atoms with E-state index in [2.05, 4.69) is 24.1 Å². The minimum atomic E-state index is -0.423. The molecule has 0 saturated carbocycles. The van der Waals surface area contributed by atoms with Gasteiger partial charge in [-0.1, -0.05) is 0 Å². The fourth-order valence-corrected chi connectivity index (χ4v) is 3.39. The van der Waals surface area contributed by atoms with Crippen LogP contribution < -0.4 is 5.32 Å². The van der Waals surface area contributed by atoms with Crippen molar-refractivity contribution in [3.8, 4) is 0 Å². The molecule has 5 nitrogen and oxygen atoms in total. The number of hydrogen-bond acceptors (Lipinski definition) is 4. The molecule has 0 radical (unpaired) electrons. The first-order valence-electron chi connectivity index (χ1n) is 8.61. The summed E-state index contributed by atoms with van der Waals surface area (Å²) in [6.07, 6.45) is 2.35. The highest BCUT2D eigenvalue weighted by molar-refractivity contribution is 5.68. The summed E-state index contributed by atoms with van der Waals surface area (Å²) in [6, 6.07) is 0. The molecule has 22 heavy (non-hydrogen) atoms. The Morgan fingerprint density at radius 1 is 1.23 bits per heavy atom. The highest BCUT2D eigenvalue weighted by atomic mass is 16.6. The number of amides is 1. The van der Waals surface area contributed by atoms with Crippen molar-refractivity contribution >= 4 is 6.09 Å². The average Bonchev–Trinajstić information content (AvgIpc) is 2.40. The molecule has 0 spiro atoms. The Labute approximate surface area is 135 Å². The van der Waals surface area contributed by atoms with Crippen LogP contribution in [0.3, 0.4) is 0 Å². The molecule has 0 aromatic carbocycles. The maximum absolute atomic E-state index is 12.3. The molecule has 0 aromatic heterocycles. The van der Waals surface area contributed by atoms with Crippen LogP contribution in [0.1, 0.15) is 47.5 Å². The number of rotatable bonds is 2. The van der Waals surface area contributed by atoms with Crippen LogP contribution in [0.15, 0.2) is 0 Å². The predicted octanol–water partition coefficient (Wildman–Crippen LogP) is 2.32. The maximum atomic E-state index is 12.3. The summed E-state index contributed by atoms with van der Waals surface area (Å²) >= 11 is 0. The van der Waals surface area contributed by atoms with Crippen molar-refractivity contribution in [1.29, 1.82) is 0 Å². The largest absolute Gasteiger partial charge is 0.444 e. The highest BCUT2D eigenvalue weighted by Crippen LogP contribution is 2.25. The Balaban J connectivity index is 1.89. The van der Waals surface area contributed by atoms with Gasteiger partial charge in [0.2, 0.25) is 0 Å². The van der Waals surface area contributed by atoms with Crippen molar-refractivity contribution in [2.24, 2.45) is 5.92 Å². The van der Waals surface area contributed by atoms with Gasteiger partial charge >= 0.3 is 6.09 Å². The van der Waals surface area contributed by atoms with Crippen LogP contribution in [-0.2, 0) is 4.74 Å². The summed E-state index contributed by atoms with van der Waals surface area (Å²) in [6.45, 7) is 16.1. The number of nitrogens with zero attached hydrogens (tertiary/aromatic N) is 2. The molecule has 128 valence electrons. The normalized spacial score (nSPS) is 24.3. The topological polar surface area (TPSA) is 44.8 Å². The highest BCUT2D eigenvalue weighted by Gasteiger charge is 2.37. The second-order valence-electron chi connectivity index (χ2n) is 8.35. The molecular formula is C17H33N3O2. The van der Waals surface area contributed by atoms with Crippen molar-refractivity contribution in [1.82, 2.24) is 15.1 Å². The van der Waals surface area contributed by atoms with Crippen molar-refractivity contribution < 1.29 is 9.53 Å². The smallest absolute Gasteiger partial charge is 0.410 e. The molecule has 2 saturated heterocycles. The van der Waals surface area contributed by atoms with Gasteiger partial charge < -0.3 is 15.0 Å². The maximum Gasteiger partial charge on any atom is 0.410 e. The Kier molecular flexibility index (Phi) is 5.38. The lowest BCUT2D eigenvalue weighted by molar-refractivity contribution is -0.0207. The minimum Gasteiger partial charge on any atom is -0.444 e. The first-order chi connectivity index (χ1) is 10.2. The van der Waals surface area contributed by atoms with E-state index in [1.54, 1.807) is 0 Å². The lowest BCUT2D eigenvalue weighted by Crippen LogP contribution is -2.61. The van der Waals surface area contributed by atoms with Gasteiger partial charge in [-0.2, -0.15) is 0 Å². The zero-order valence-electron chi connectivity index (χ0n) is 14.9. The van der Waals surface area contributed by atoms with E-state index in [1.807, 2.05) is 25.7 Å². The monoisotopic (exact) mass is 311 g/mol. The fraction of sp³-hybridized carbons (Fsp3) is 0.941. The van der Waals surface area contributed by atoms with E-state index in [-0.39, 0.29) is 11.6 Å². The van der Waals surface area contributed by atoms with Crippen LogP contribution in [-0.4, -0.2) is 66.3 Å². The fourth-order valence-electron chi connectivity index (χ4n) is 3.39. The molecule has 0 aliphatic carbocycles. The minimum absolute atomic E-state index is 0.0139. The average molecular weight is 311 g/mol. The number of piperidine rings is 1. The van der Waals surface area contributed by atoms with E-state index < -0.39 is 5.60 Å². The molecule has 2 aliphatic rings. The predicted molar refractivity (Wildman–Crippen MR) is 89.1 cm³/mol. The standard InChI is InChI=1S/C17H33N3O2/c1-16(2,3)22-15(21)19-10-11-20(17(4,5)13-19)12-14-6-8-18-9-7-14/h14,18H,6-13H2,1-5H3. The van der Waals surface area contributed by atoms with Crippen LogP contribution in [0, 0.1) is 5.92 Å². The Morgan fingerprint density at radius 2 is 1.86 bits per heavy atom. The van der Waals surface area contributed by atoms with Gasteiger partial charge in [-0.15, -0.1) is 0 Å². The molecule has 2 aliphatic heterocycles. The van der Waals surface area contributed by atoms with Crippen LogP contribution in [0.4, 0.5) is 4.79 Å². The van der Waals surface area contributed by atoms with Crippen molar-refractivity contribution in [2.75, 3.05) is 39.3 Å². The van der Waals surface area contributed by atoms with Crippen LogP contribution in [0.25, 0.3) is 0 Å². The second-order valence-corrected chi connectivity index (χ2v) is 8.35. The SMILES string of the molecule is CC(C)(C)OC(=O)N1CCN(CC2CCNCC2)C(C)(C)C1. The number of carbonyl (C=O) groups excluding carboxylic acids is 1. The Morgan fingerprint density at radius 3 is 2.41 bits per heavy atom. The van der Waals surface area contributed by atoms with Gasteiger partial charge in [-0.05, 0) is 66.5 Å². The first kappa shape index (κ1) is 17.5. The van der Waals surface area contributed by atoms with Gasteiger partial charge in [0, 0.05) is 31.7 Å². The third-order valence-corrected chi connectivity index (χ3v) is 4.66. The van der Waals surface area contributed by atoms with E-state index in [1.165, 1.54) is 12.8 Å². The molecule has 2 fully saturated rings. The summed E-state index contributed by atoms with van der Waals surface area (Å²) in [7, 11) is 0. The van der Waals surface area contributed by atoms with Gasteiger partial charge in [0.1, 0.15) is 5.60 Å². The second kappa shape index (κ2) is 6.75. The number of nitrogens with one attached hydrogen (secondary N) is 1. The molecule has 1 N–H and O–H groups in total. The van der Waals surface area contributed by atoms with Crippen LogP contribution in [0.2, 0.25) is 0 Å². The van der Waals surface area contributed by atoms with Gasteiger partial charge in [0.15, 0.2) is 0 Å². The lowest BCUT2D eigenvalue weighted by atomic mass is 9.92. The van der Waals surface area contributed by atoms with Gasteiger partial charge in [-0.25, -0.2) is 4.79 Å². The van der Waals surface area contributed by atoms with Crippen molar-refractivity contribution in [3.05, 3.63) is 0 Å².